The summed E-state index contributed by atoms with van der Waals surface area (Å²) in [6.45, 7) is 0.230. The first-order valence-electron chi connectivity index (χ1n) is 6.11. The van der Waals surface area contributed by atoms with Crippen molar-refractivity contribution in [1.29, 1.82) is 0 Å². The molecule has 0 aliphatic carbocycles. The zero-order valence-electron chi connectivity index (χ0n) is 10.7. The summed E-state index contributed by atoms with van der Waals surface area (Å²) in [4.78, 5) is 0. The summed E-state index contributed by atoms with van der Waals surface area (Å²) in [5, 5.41) is 0. The van der Waals surface area contributed by atoms with Gasteiger partial charge in [-0.25, -0.2) is 0 Å². The van der Waals surface area contributed by atoms with E-state index in [1.807, 2.05) is 24.3 Å². The molecule has 0 heterocycles. The monoisotopic (exact) mass is 268 g/mol. The van der Waals surface area contributed by atoms with Crippen molar-refractivity contribution in [2.75, 3.05) is 12.9 Å². The Morgan fingerprint density at radius 2 is 1.78 bits per heavy atom. The summed E-state index contributed by atoms with van der Waals surface area (Å²) >= 11 is 0. The normalized spacial score (nSPS) is 12.1. The van der Waals surface area contributed by atoms with Crippen LogP contribution >= 0.6 is 0 Å². The summed E-state index contributed by atoms with van der Waals surface area (Å²) in [7, 11) is -3.29. The van der Waals surface area contributed by atoms with Crippen LogP contribution in [0.4, 0.5) is 0 Å². The maximum absolute atomic E-state index is 10.7. The molecule has 0 amide bonds. The first kappa shape index (κ1) is 14.9. The maximum Gasteiger partial charge on any atom is 0.264 e. The molecule has 0 aromatic heterocycles. The largest absolute Gasteiger partial charge is 0.270 e. The van der Waals surface area contributed by atoms with E-state index in [4.69, 9.17) is 0 Å². The van der Waals surface area contributed by atoms with Gasteiger partial charge in [-0.3, -0.25) is 4.18 Å². The molecular formula is C14H20O3S. The molecule has 0 spiro atoms. The van der Waals surface area contributed by atoms with Crippen LogP contribution in [-0.2, 0) is 20.7 Å². The van der Waals surface area contributed by atoms with E-state index in [1.54, 1.807) is 0 Å². The van der Waals surface area contributed by atoms with Crippen LogP contribution in [0.5, 0.6) is 0 Å². The van der Waals surface area contributed by atoms with Crippen LogP contribution in [0.25, 0.3) is 0 Å². The van der Waals surface area contributed by atoms with Gasteiger partial charge in [-0.05, 0) is 31.2 Å². The molecule has 18 heavy (non-hydrogen) atoms. The minimum Gasteiger partial charge on any atom is -0.270 e. The Bertz CT molecular complexity index is 449. The molecule has 0 atom stereocenters. The van der Waals surface area contributed by atoms with Crippen molar-refractivity contribution in [1.82, 2.24) is 0 Å². The average molecular weight is 268 g/mol. The van der Waals surface area contributed by atoms with E-state index in [9.17, 15) is 8.42 Å². The quantitative estimate of drug-likeness (QED) is 0.413. The number of unbranched alkanes of at least 4 members (excludes halogenated alkanes) is 1. The Kier molecular flexibility index (Phi) is 6.68. The maximum atomic E-state index is 10.7. The highest BCUT2D eigenvalue weighted by molar-refractivity contribution is 7.85. The van der Waals surface area contributed by atoms with Crippen molar-refractivity contribution in [3.63, 3.8) is 0 Å². The van der Waals surface area contributed by atoms with Gasteiger partial charge in [0, 0.05) is 0 Å². The first-order chi connectivity index (χ1) is 8.58. The fourth-order valence-corrected chi connectivity index (χ4v) is 1.97. The smallest absolute Gasteiger partial charge is 0.264 e. The van der Waals surface area contributed by atoms with Gasteiger partial charge in [0.15, 0.2) is 0 Å². The third-order valence-corrected chi connectivity index (χ3v) is 3.02. The molecule has 1 rings (SSSR count). The van der Waals surface area contributed by atoms with Crippen LogP contribution in [-0.4, -0.2) is 21.3 Å². The van der Waals surface area contributed by atoms with Crippen molar-refractivity contribution >= 4 is 10.1 Å². The standard InChI is InChI=1S/C14H20O3S/c1-18(15,16)17-13-9-4-2-3-6-10-14-11-7-5-8-12-14/h2,4-5,7-8,11-12H,3,6,9-10,13H2,1H3. The fraction of sp³-hybridized carbons (Fsp3) is 0.429. The predicted molar refractivity (Wildman–Crippen MR) is 73.9 cm³/mol. The molecule has 0 saturated heterocycles. The van der Waals surface area contributed by atoms with E-state index in [-0.39, 0.29) is 6.61 Å². The van der Waals surface area contributed by atoms with Crippen LogP contribution in [0.2, 0.25) is 0 Å². The van der Waals surface area contributed by atoms with E-state index >= 15 is 0 Å². The molecule has 100 valence electrons. The lowest BCUT2D eigenvalue weighted by Crippen LogP contribution is -2.03. The molecular weight excluding hydrogens is 248 g/mol. The molecule has 0 unspecified atom stereocenters. The molecule has 0 saturated carbocycles. The first-order valence-corrected chi connectivity index (χ1v) is 7.93. The van der Waals surface area contributed by atoms with Gasteiger partial charge in [0.25, 0.3) is 10.1 Å². The van der Waals surface area contributed by atoms with Gasteiger partial charge >= 0.3 is 0 Å². The van der Waals surface area contributed by atoms with Crippen molar-refractivity contribution in [2.45, 2.75) is 25.7 Å². The summed E-state index contributed by atoms with van der Waals surface area (Å²) in [5.41, 5.74) is 1.35. The van der Waals surface area contributed by atoms with Gasteiger partial charge in [-0.1, -0.05) is 42.5 Å². The minimum absolute atomic E-state index is 0.230. The summed E-state index contributed by atoms with van der Waals surface area (Å²) < 4.78 is 26.0. The van der Waals surface area contributed by atoms with Crippen molar-refractivity contribution in [2.24, 2.45) is 0 Å². The number of allylic oxidation sites excluding steroid dienone is 1. The Morgan fingerprint density at radius 3 is 2.44 bits per heavy atom. The lowest BCUT2D eigenvalue weighted by atomic mass is 10.1. The fourth-order valence-electron chi connectivity index (χ4n) is 1.57. The molecule has 1 aromatic rings. The molecule has 3 nitrogen and oxygen atoms in total. The second kappa shape index (κ2) is 8.06. The molecule has 0 fully saturated rings. The molecule has 0 aliphatic heterocycles. The van der Waals surface area contributed by atoms with Gasteiger partial charge in [-0.15, -0.1) is 0 Å². The van der Waals surface area contributed by atoms with Gasteiger partial charge in [0.2, 0.25) is 0 Å². The molecule has 0 N–H and O–H groups in total. The molecule has 1 aromatic carbocycles. The summed E-state index contributed by atoms with van der Waals surface area (Å²) in [5.74, 6) is 0. The van der Waals surface area contributed by atoms with Gasteiger partial charge in [-0.2, -0.15) is 8.42 Å². The SMILES string of the molecule is CS(=O)(=O)OCCC=CCCCc1ccccc1. The lowest BCUT2D eigenvalue weighted by molar-refractivity contribution is 0.328. The zero-order chi connectivity index (χ0) is 13.3. The summed E-state index contributed by atoms with van der Waals surface area (Å²) in [6.07, 6.45) is 8.94. The number of hydrogen-bond acceptors (Lipinski definition) is 3. The minimum atomic E-state index is -3.29. The summed E-state index contributed by atoms with van der Waals surface area (Å²) in [6, 6.07) is 10.4. The lowest BCUT2D eigenvalue weighted by Gasteiger charge is -1.98. The highest BCUT2D eigenvalue weighted by Gasteiger charge is 1.98. The molecule has 0 bridgehead atoms. The molecule has 0 radical (unpaired) electrons. The second-order valence-electron chi connectivity index (χ2n) is 4.16. The van der Waals surface area contributed by atoms with E-state index in [2.05, 4.69) is 22.4 Å². The average Bonchev–Trinajstić information content (AvgIpc) is 2.32. The van der Waals surface area contributed by atoms with Crippen LogP contribution in [0.3, 0.4) is 0 Å². The third kappa shape index (κ3) is 8.03. The number of benzene rings is 1. The Morgan fingerprint density at radius 1 is 1.11 bits per heavy atom. The van der Waals surface area contributed by atoms with Crippen molar-refractivity contribution < 1.29 is 12.6 Å². The van der Waals surface area contributed by atoms with Crippen molar-refractivity contribution in [3.05, 3.63) is 48.0 Å². The van der Waals surface area contributed by atoms with Crippen LogP contribution in [0.1, 0.15) is 24.8 Å². The highest BCUT2D eigenvalue weighted by Crippen LogP contribution is 2.05. The van der Waals surface area contributed by atoms with E-state index in [0.29, 0.717) is 6.42 Å². The Balaban J connectivity index is 2.04. The topological polar surface area (TPSA) is 43.4 Å². The number of rotatable bonds is 8. The van der Waals surface area contributed by atoms with E-state index < -0.39 is 10.1 Å². The Hall–Kier alpha value is -1.13. The van der Waals surface area contributed by atoms with Gasteiger partial charge < -0.3 is 0 Å². The molecule has 4 heteroatoms. The van der Waals surface area contributed by atoms with E-state index in [0.717, 1.165) is 25.5 Å². The van der Waals surface area contributed by atoms with Crippen LogP contribution < -0.4 is 0 Å². The zero-order valence-corrected chi connectivity index (χ0v) is 11.5. The van der Waals surface area contributed by atoms with Gasteiger partial charge in [0.1, 0.15) is 0 Å². The third-order valence-electron chi connectivity index (χ3n) is 2.43. The van der Waals surface area contributed by atoms with Crippen LogP contribution in [0, 0.1) is 0 Å². The second-order valence-corrected chi connectivity index (χ2v) is 5.81. The molecule has 0 aliphatic rings. The highest BCUT2D eigenvalue weighted by atomic mass is 32.2. The Labute approximate surface area is 110 Å². The van der Waals surface area contributed by atoms with Gasteiger partial charge in [0.05, 0.1) is 12.9 Å². The van der Waals surface area contributed by atoms with E-state index in [1.165, 1.54) is 5.56 Å². The van der Waals surface area contributed by atoms with Crippen LogP contribution in [0.15, 0.2) is 42.5 Å². The predicted octanol–water partition coefficient (Wildman–Crippen LogP) is 2.93. The number of hydrogen-bond donors (Lipinski definition) is 0. The van der Waals surface area contributed by atoms with Crippen molar-refractivity contribution in [3.8, 4) is 0 Å². The number of aryl methyl sites for hydroxylation is 1.